The van der Waals surface area contributed by atoms with Gasteiger partial charge >= 0.3 is 0 Å². The molecule has 0 unspecified atom stereocenters. The van der Waals surface area contributed by atoms with E-state index in [1.54, 1.807) is 24.3 Å². The summed E-state index contributed by atoms with van der Waals surface area (Å²) in [4.78, 5) is 13.2. The largest absolute Gasteiger partial charge is 0.399 e. The second-order valence-electron chi connectivity index (χ2n) is 4.65. The number of carbonyl (C=O) groups is 1. The van der Waals surface area contributed by atoms with Crippen LogP contribution < -0.4 is 5.73 Å². The van der Waals surface area contributed by atoms with Crippen LogP contribution in [-0.4, -0.2) is 17.9 Å². The number of anilines is 1. The van der Waals surface area contributed by atoms with E-state index < -0.39 is 28.9 Å². The van der Waals surface area contributed by atoms with Gasteiger partial charge in [0, 0.05) is 31.4 Å². The minimum Gasteiger partial charge on any atom is -0.399 e. The first-order chi connectivity index (χ1) is 9.88. The molecule has 0 aromatic heterocycles. The Balaban J connectivity index is 2.22. The number of rotatable bonds is 3. The Labute approximate surface area is 119 Å². The monoisotopic (exact) mass is 294 g/mol. The Hall–Kier alpha value is -2.50. The van der Waals surface area contributed by atoms with Gasteiger partial charge in [0.1, 0.15) is 23.0 Å². The number of nitrogens with zero attached hydrogens (tertiary/aromatic N) is 1. The summed E-state index contributed by atoms with van der Waals surface area (Å²) in [6.45, 7) is 0.148. The normalized spacial score (nSPS) is 10.5. The summed E-state index contributed by atoms with van der Waals surface area (Å²) in [5.74, 6) is -4.37. The molecule has 2 rings (SSSR count). The van der Waals surface area contributed by atoms with E-state index in [1.807, 2.05) is 0 Å². The summed E-state index contributed by atoms with van der Waals surface area (Å²) in [6, 6.07) is 7.69. The zero-order valence-electron chi connectivity index (χ0n) is 11.2. The number of hydrogen-bond donors (Lipinski definition) is 1. The number of nitrogen functional groups attached to an aromatic ring is 1. The Morgan fingerprint density at radius 1 is 1.10 bits per heavy atom. The molecule has 2 aromatic rings. The summed E-state index contributed by atoms with van der Waals surface area (Å²) < 4.78 is 40.0. The number of nitrogens with two attached hydrogens (primary N) is 1. The third-order valence-corrected chi connectivity index (χ3v) is 2.97. The lowest BCUT2D eigenvalue weighted by atomic mass is 10.1. The number of benzene rings is 2. The number of hydrogen-bond acceptors (Lipinski definition) is 2. The van der Waals surface area contributed by atoms with E-state index in [0.29, 0.717) is 17.8 Å². The predicted molar refractivity (Wildman–Crippen MR) is 73.0 cm³/mol. The van der Waals surface area contributed by atoms with E-state index in [1.165, 1.54) is 7.05 Å². The third kappa shape index (κ3) is 3.34. The summed E-state index contributed by atoms with van der Waals surface area (Å²) in [5.41, 5.74) is 6.10. The Morgan fingerprint density at radius 3 is 2.14 bits per heavy atom. The third-order valence-electron chi connectivity index (χ3n) is 2.97. The SMILES string of the molecule is CN(Cc1ccc(N)cc1)C(=O)c1c(F)cc(F)cc1F. The molecule has 0 aliphatic heterocycles. The summed E-state index contributed by atoms with van der Waals surface area (Å²) >= 11 is 0. The fraction of sp³-hybridized carbons (Fsp3) is 0.133. The zero-order chi connectivity index (χ0) is 15.6. The van der Waals surface area contributed by atoms with Crippen LogP contribution in [0.4, 0.5) is 18.9 Å². The topological polar surface area (TPSA) is 46.3 Å². The molecule has 21 heavy (non-hydrogen) atoms. The van der Waals surface area contributed by atoms with Gasteiger partial charge in [-0.3, -0.25) is 4.79 Å². The molecule has 0 atom stereocenters. The van der Waals surface area contributed by atoms with Crippen molar-refractivity contribution in [2.24, 2.45) is 0 Å². The van der Waals surface area contributed by atoms with E-state index in [0.717, 1.165) is 10.5 Å². The smallest absolute Gasteiger partial charge is 0.259 e. The number of carbonyl (C=O) groups excluding carboxylic acids is 1. The van der Waals surface area contributed by atoms with Crippen molar-refractivity contribution in [2.45, 2.75) is 6.54 Å². The van der Waals surface area contributed by atoms with Gasteiger partial charge in [-0.2, -0.15) is 0 Å². The molecule has 6 heteroatoms. The Kier molecular flexibility index (Phi) is 4.16. The van der Waals surface area contributed by atoms with Crippen molar-refractivity contribution in [1.29, 1.82) is 0 Å². The number of amides is 1. The molecule has 0 bridgehead atoms. The van der Waals surface area contributed by atoms with Crippen LogP contribution in [0, 0.1) is 17.5 Å². The molecule has 0 aliphatic rings. The second kappa shape index (κ2) is 5.87. The van der Waals surface area contributed by atoms with Crippen LogP contribution in [0.25, 0.3) is 0 Å². The molecule has 3 nitrogen and oxygen atoms in total. The first-order valence-corrected chi connectivity index (χ1v) is 6.13. The van der Waals surface area contributed by atoms with E-state index in [4.69, 9.17) is 5.73 Å². The number of halogens is 3. The zero-order valence-corrected chi connectivity index (χ0v) is 11.2. The quantitative estimate of drug-likeness (QED) is 0.885. The molecule has 0 radical (unpaired) electrons. The van der Waals surface area contributed by atoms with E-state index in [2.05, 4.69) is 0 Å². The van der Waals surface area contributed by atoms with Gasteiger partial charge in [-0.1, -0.05) is 12.1 Å². The summed E-state index contributed by atoms with van der Waals surface area (Å²) in [5, 5.41) is 0. The lowest BCUT2D eigenvalue weighted by Crippen LogP contribution is -2.28. The fourth-order valence-electron chi connectivity index (χ4n) is 1.91. The van der Waals surface area contributed by atoms with Crippen molar-refractivity contribution < 1.29 is 18.0 Å². The van der Waals surface area contributed by atoms with Crippen LogP contribution in [0.2, 0.25) is 0 Å². The molecule has 0 saturated heterocycles. The second-order valence-corrected chi connectivity index (χ2v) is 4.65. The van der Waals surface area contributed by atoms with E-state index in [9.17, 15) is 18.0 Å². The summed E-state index contributed by atoms with van der Waals surface area (Å²) in [6.07, 6.45) is 0. The molecule has 0 saturated carbocycles. The van der Waals surface area contributed by atoms with Crippen molar-refractivity contribution in [3.63, 3.8) is 0 Å². The van der Waals surface area contributed by atoms with Crippen molar-refractivity contribution in [2.75, 3.05) is 12.8 Å². The van der Waals surface area contributed by atoms with Crippen LogP contribution in [0.15, 0.2) is 36.4 Å². The average molecular weight is 294 g/mol. The van der Waals surface area contributed by atoms with Gasteiger partial charge in [0.25, 0.3) is 5.91 Å². The minimum atomic E-state index is -1.22. The molecule has 0 aliphatic carbocycles. The van der Waals surface area contributed by atoms with Crippen molar-refractivity contribution >= 4 is 11.6 Å². The standard InChI is InChI=1S/C15H13F3N2O/c1-20(8-9-2-4-11(19)5-3-9)15(21)14-12(17)6-10(16)7-13(14)18/h2-7H,8,19H2,1H3. The van der Waals surface area contributed by atoms with Crippen molar-refractivity contribution in [3.05, 3.63) is 65.0 Å². The molecule has 0 spiro atoms. The van der Waals surface area contributed by atoms with Gasteiger partial charge in [0.05, 0.1) is 0 Å². The summed E-state index contributed by atoms with van der Waals surface area (Å²) in [7, 11) is 1.40. The Morgan fingerprint density at radius 2 is 1.62 bits per heavy atom. The lowest BCUT2D eigenvalue weighted by Gasteiger charge is -2.18. The molecule has 110 valence electrons. The first-order valence-electron chi connectivity index (χ1n) is 6.13. The van der Waals surface area contributed by atoms with E-state index >= 15 is 0 Å². The molecule has 0 heterocycles. The van der Waals surface area contributed by atoms with Gasteiger partial charge in [-0.25, -0.2) is 13.2 Å². The van der Waals surface area contributed by atoms with Crippen LogP contribution >= 0.6 is 0 Å². The Bertz CT molecular complexity index is 648. The van der Waals surface area contributed by atoms with E-state index in [-0.39, 0.29) is 6.54 Å². The molecule has 2 N–H and O–H groups in total. The fourth-order valence-corrected chi connectivity index (χ4v) is 1.91. The van der Waals surface area contributed by atoms with Crippen LogP contribution in [-0.2, 0) is 6.54 Å². The highest BCUT2D eigenvalue weighted by Crippen LogP contribution is 2.18. The highest BCUT2D eigenvalue weighted by Gasteiger charge is 2.22. The average Bonchev–Trinajstić information content (AvgIpc) is 2.40. The highest BCUT2D eigenvalue weighted by atomic mass is 19.1. The maximum Gasteiger partial charge on any atom is 0.259 e. The minimum absolute atomic E-state index is 0.148. The van der Waals surface area contributed by atoms with Gasteiger partial charge in [-0.05, 0) is 17.7 Å². The van der Waals surface area contributed by atoms with Crippen LogP contribution in [0.3, 0.4) is 0 Å². The van der Waals surface area contributed by atoms with Crippen LogP contribution in [0.1, 0.15) is 15.9 Å². The molecular formula is C15H13F3N2O. The van der Waals surface area contributed by atoms with Gasteiger partial charge in [0.2, 0.25) is 0 Å². The van der Waals surface area contributed by atoms with Crippen LogP contribution in [0.5, 0.6) is 0 Å². The first kappa shape index (κ1) is 14.9. The highest BCUT2D eigenvalue weighted by molar-refractivity contribution is 5.94. The molecule has 0 fully saturated rings. The maximum atomic E-state index is 13.6. The molecule has 1 amide bonds. The van der Waals surface area contributed by atoms with Gasteiger partial charge < -0.3 is 10.6 Å². The predicted octanol–water partition coefficient (Wildman–Crippen LogP) is 2.96. The molecule has 2 aromatic carbocycles. The molecular weight excluding hydrogens is 281 g/mol. The van der Waals surface area contributed by atoms with Crippen molar-refractivity contribution in [3.8, 4) is 0 Å². The van der Waals surface area contributed by atoms with Crippen molar-refractivity contribution in [1.82, 2.24) is 4.90 Å². The van der Waals surface area contributed by atoms with Gasteiger partial charge in [0.15, 0.2) is 0 Å². The van der Waals surface area contributed by atoms with Gasteiger partial charge in [-0.15, -0.1) is 0 Å². The lowest BCUT2D eigenvalue weighted by molar-refractivity contribution is 0.0775. The maximum absolute atomic E-state index is 13.6.